The fraction of sp³-hybridized carbons (Fsp3) is 0.389. The summed E-state index contributed by atoms with van der Waals surface area (Å²) in [7, 11) is 1.34. The van der Waals surface area contributed by atoms with Gasteiger partial charge in [-0.25, -0.2) is 0 Å². The van der Waals surface area contributed by atoms with Gasteiger partial charge in [-0.05, 0) is 6.92 Å². The van der Waals surface area contributed by atoms with Gasteiger partial charge >= 0.3 is 0 Å². The second-order valence-corrected chi connectivity index (χ2v) is 5.97. The molecule has 0 radical (unpaired) electrons. The Morgan fingerprint density at radius 3 is 2.69 bits per heavy atom. The number of aryl methyl sites for hydroxylation is 1. The Bertz CT molecular complexity index is 926. The van der Waals surface area contributed by atoms with Gasteiger partial charge in [-0.1, -0.05) is 0 Å². The molecule has 138 valence electrons. The number of hydrogen-bond donors (Lipinski definition) is 1. The highest BCUT2D eigenvalue weighted by Crippen LogP contribution is 2.33. The third-order valence-electron chi connectivity index (χ3n) is 4.47. The summed E-state index contributed by atoms with van der Waals surface area (Å²) in [5.74, 6) is -0.239. The molecule has 1 aliphatic rings. The van der Waals surface area contributed by atoms with Gasteiger partial charge in [0.1, 0.15) is 22.6 Å². The molecule has 8 heteroatoms. The summed E-state index contributed by atoms with van der Waals surface area (Å²) in [6.07, 6.45) is 0.294. The first kappa shape index (κ1) is 17.9. The summed E-state index contributed by atoms with van der Waals surface area (Å²) in [6.45, 7) is 3.43. The van der Waals surface area contributed by atoms with E-state index in [-0.39, 0.29) is 51.7 Å². The van der Waals surface area contributed by atoms with Crippen molar-refractivity contribution in [2.45, 2.75) is 13.3 Å². The van der Waals surface area contributed by atoms with Crippen molar-refractivity contribution < 1.29 is 28.6 Å². The van der Waals surface area contributed by atoms with E-state index in [0.717, 1.165) is 0 Å². The summed E-state index contributed by atoms with van der Waals surface area (Å²) in [5, 5.41) is 9.97. The average molecular weight is 361 g/mol. The van der Waals surface area contributed by atoms with Gasteiger partial charge in [-0.3, -0.25) is 14.4 Å². The fourth-order valence-corrected chi connectivity index (χ4v) is 3.04. The number of aromatic hydroxyl groups is 1. The molecule has 3 rings (SSSR count). The van der Waals surface area contributed by atoms with Crippen LogP contribution in [0.4, 0.5) is 0 Å². The zero-order valence-electron chi connectivity index (χ0n) is 14.5. The quantitative estimate of drug-likeness (QED) is 0.811. The van der Waals surface area contributed by atoms with Crippen molar-refractivity contribution >= 4 is 23.2 Å². The van der Waals surface area contributed by atoms with Crippen molar-refractivity contribution in [2.75, 3.05) is 33.4 Å². The Morgan fingerprint density at radius 2 is 2.08 bits per heavy atom. The molecule has 1 amide bonds. The van der Waals surface area contributed by atoms with Crippen LogP contribution in [-0.4, -0.2) is 55.6 Å². The highest BCUT2D eigenvalue weighted by molar-refractivity contribution is 6.00. The van der Waals surface area contributed by atoms with Crippen LogP contribution in [0.15, 0.2) is 15.3 Å². The maximum atomic E-state index is 13.0. The Hall–Kier alpha value is -2.87. The highest BCUT2D eigenvalue weighted by Gasteiger charge is 2.24. The summed E-state index contributed by atoms with van der Waals surface area (Å²) in [6, 6.07) is 1.19. The predicted octanol–water partition coefficient (Wildman–Crippen LogP) is 1.03. The third-order valence-corrected chi connectivity index (χ3v) is 4.47. The number of methoxy groups -OCH3 is 1. The van der Waals surface area contributed by atoms with Crippen molar-refractivity contribution in [1.82, 2.24) is 4.90 Å². The molecule has 1 fully saturated rings. The van der Waals surface area contributed by atoms with E-state index in [9.17, 15) is 19.5 Å². The smallest absolute Gasteiger partial charge is 0.227 e. The number of carbonyl (C=O) groups is 2. The Balaban J connectivity index is 2.12. The van der Waals surface area contributed by atoms with Gasteiger partial charge in [-0.15, -0.1) is 0 Å². The van der Waals surface area contributed by atoms with E-state index in [1.165, 1.54) is 13.2 Å². The predicted molar refractivity (Wildman–Crippen MR) is 91.9 cm³/mol. The topological polar surface area (TPSA) is 106 Å². The van der Waals surface area contributed by atoms with Gasteiger partial charge in [0, 0.05) is 24.7 Å². The van der Waals surface area contributed by atoms with E-state index in [1.807, 2.05) is 0 Å². The number of nitrogens with zero attached hydrogens (tertiary/aromatic N) is 1. The van der Waals surface area contributed by atoms with E-state index >= 15 is 0 Å². The lowest BCUT2D eigenvalue weighted by Crippen LogP contribution is -2.42. The number of fused-ring (bicyclic) bond motifs is 1. The summed E-state index contributed by atoms with van der Waals surface area (Å²) >= 11 is 0. The molecule has 0 atom stereocenters. The second kappa shape index (κ2) is 7.17. The number of aldehydes is 1. The second-order valence-electron chi connectivity index (χ2n) is 5.97. The van der Waals surface area contributed by atoms with E-state index in [0.29, 0.717) is 32.6 Å². The van der Waals surface area contributed by atoms with E-state index in [1.54, 1.807) is 11.8 Å². The van der Waals surface area contributed by atoms with Crippen LogP contribution in [0.1, 0.15) is 21.7 Å². The molecule has 1 aromatic heterocycles. The SMILES string of the molecule is COc1cc(O)c(C=O)c2oc(C)c(CC(=O)N3CCOCC3)c(=O)c12. The number of amides is 1. The van der Waals surface area contributed by atoms with Crippen molar-refractivity contribution in [3.8, 4) is 11.5 Å². The van der Waals surface area contributed by atoms with Gasteiger partial charge in [-0.2, -0.15) is 0 Å². The third kappa shape index (κ3) is 3.03. The standard InChI is InChI=1S/C18H19NO7/c1-10-11(7-15(22)19-3-5-25-6-4-19)17(23)16-14(24-2)8-13(21)12(9-20)18(16)26-10/h8-9,21H,3-7H2,1-2H3. The molecular formula is C18H19NO7. The number of ether oxygens (including phenoxy) is 2. The van der Waals surface area contributed by atoms with Crippen molar-refractivity contribution in [3.63, 3.8) is 0 Å². The summed E-state index contributed by atoms with van der Waals surface area (Å²) in [5.41, 5.74) is -0.436. The lowest BCUT2D eigenvalue weighted by Gasteiger charge is -2.27. The number of phenols is 1. The van der Waals surface area contributed by atoms with Gasteiger partial charge in [0.2, 0.25) is 5.91 Å². The van der Waals surface area contributed by atoms with Crippen molar-refractivity contribution in [1.29, 1.82) is 0 Å². The first-order chi connectivity index (χ1) is 12.5. The minimum Gasteiger partial charge on any atom is -0.507 e. The average Bonchev–Trinajstić information content (AvgIpc) is 2.64. The van der Waals surface area contributed by atoms with Crippen molar-refractivity contribution in [2.24, 2.45) is 0 Å². The molecule has 1 aliphatic heterocycles. The minimum absolute atomic E-state index is 0.0303. The molecule has 1 aromatic carbocycles. The summed E-state index contributed by atoms with van der Waals surface area (Å²) in [4.78, 5) is 38.4. The molecule has 0 spiro atoms. The normalized spacial score (nSPS) is 14.5. The Morgan fingerprint density at radius 1 is 1.38 bits per heavy atom. The molecule has 0 aliphatic carbocycles. The fourth-order valence-electron chi connectivity index (χ4n) is 3.04. The maximum Gasteiger partial charge on any atom is 0.227 e. The summed E-state index contributed by atoms with van der Waals surface area (Å²) < 4.78 is 16.0. The number of hydrogen-bond acceptors (Lipinski definition) is 7. The lowest BCUT2D eigenvalue weighted by molar-refractivity contribution is -0.134. The van der Waals surface area contributed by atoms with Gasteiger partial charge in [0.05, 0.1) is 32.3 Å². The minimum atomic E-state index is -0.453. The molecule has 2 aromatic rings. The number of morpholine rings is 1. The number of benzene rings is 1. The highest BCUT2D eigenvalue weighted by atomic mass is 16.5. The molecule has 1 saturated heterocycles. The van der Waals surface area contributed by atoms with E-state index in [4.69, 9.17) is 13.9 Å². The molecule has 8 nitrogen and oxygen atoms in total. The van der Waals surface area contributed by atoms with Crippen molar-refractivity contribution in [3.05, 3.63) is 33.2 Å². The number of rotatable bonds is 4. The largest absolute Gasteiger partial charge is 0.507 e. The Kier molecular flexibility index (Phi) is 4.94. The van der Waals surface area contributed by atoms with E-state index < -0.39 is 5.43 Å². The van der Waals surface area contributed by atoms with Crippen LogP contribution < -0.4 is 10.2 Å². The van der Waals surface area contributed by atoms with Gasteiger partial charge in [0.25, 0.3) is 0 Å². The van der Waals surface area contributed by atoms with Crippen LogP contribution in [0.2, 0.25) is 0 Å². The Labute approximate surface area is 148 Å². The van der Waals surface area contributed by atoms with Crippen LogP contribution in [0.25, 0.3) is 11.0 Å². The zero-order valence-corrected chi connectivity index (χ0v) is 14.5. The first-order valence-corrected chi connectivity index (χ1v) is 8.14. The van der Waals surface area contributed by atoms with Gasteiger partial charge in [0.15, 0.2) is 17.3 Å². The molecule has 0 bridgehead atoms. The number of phenolic OH excluding ortho intramolecular Hbond substituents is 1. The monoisotopic (exact) mass is 361 g/mol. The lowest BCUT2D eigenvalue weighted by atomic mass is 10.0. The van der Waals surface area contributed by atoms with Crippen LogP contribution in [0.5, 0.6) is 11.5 Å². The van der Waals surface area contributed by atoms with Crippen LogP contribution >= 0.6 is 0 Å². The molecule has 2 heterocycles. The molecule has 0 unspecified atom stereocenters. The van der Waals surface area contributed by atoms with Crippen LogP contribution in [0.3, 0.4) is 0 Å². The molecular weight excluding hydrogens is 342 g/mol. The zero-order chi connectivity index (χ0) is 18.8. The molecule has 26 heavy (non-hydrogen) atoms. The maximum absolute atomic E-state index is 13.0. The molecule has 1 N–H and O–H groups in total. The number of carbonyl (C=O) groups excluding carboxylic acids is 2. The van der Waals surface area contributed by atoms with E-state index in [2.05, 4.69) is 0 Å². The van der Waals surface area contributed by atoms with Crippen LogP contribution in [-0.2, 0) is 16.0 Å². The van der Waals surface area contributed by atoms with Crippen LogP contribution in [0, 0.1) is 6.92 Å². The molecule has 0 saturated carbocycles. The van der Waals surface area contributed by atoms with Gasteiger partial charge < -0.3 is 23.9 Å². The first-order valence-electron chi connectivity index (χ1n) is 8.14.